The SMILES string of the molecule is CC(C)CNc1ccc(NS(=O)(=O)c2ccc(F)cc2)cc1. The number of hydrogen-bond donors (Lipinski definition) is 2. The van der Waals surface area contributed by atoms with Gasteiger partial charge < -0.3 is 5.32 Å². The number of hydrogen-bond acceptors (Lipinski definition) is 3. The van der Waals surface area contributed by atoms with Gasteiger partial charge in [0.05, 0.1) is 4.90 Å². The maximum absolute atomic E-state index is 12.9. The monoisotopic (exact) mass is 322 g/mol. The smallest absolute Gasteiger partial charge is 0.261 e. The number of nitrogens with one attached hydrogen (secondary N) is 2. The highest BCUT2D eigenvalue weighted by molar-refractivity contribution is 7.92. The molecule has 2 aromatic carbocycles. The summed E-state index contributed by atoms with van der Waals surface area (Å²) in [5.41, 5.74) is 1.39. The molecule has 0 atom stereocenters. The normalized spacial score (nSPS) is 11.5. The summed E-state index contributed by atoms with van der Waals surface area (Å²) in [6.45, 7) is 5.07. The number of rotatable bonds is 6. The lowest BCUT2D eigenvalue weighted by Crippen LogP contribution is -2.13. The Morgan fingerprint density at radius 3 is 2.05 bits per heavy atom. The van der Waals surface area contributed by atoms with Crippen molar-refractivity contribution in [3.8, 4) is 0 Å². The summed E-state index contributed by atoms with van der Waals surface area (Å²) in [5.74, 6) is 0.0520. The first-order valence-corrected chi connectivity index (χ1v) is 8.47. The third-order valence-corrected chi connectivity index (χ3v) is 4.37. The molecule has 2 rings (SSSR count). The van der Waals surface area contributed by atoms with Crippen LogP contribution in [0.1, 0.15) is 13.8 Å². The average molecular weight is 322 g/mol. The van der Waals surface area contributed by atoms with Crippen LogP contribution in [0, 0.1) is 11.7 Å². The van der Waals surface area contributed by atoms with Crippen molar-refractivity contribution >= 4 is 21.4 Å². The summed E-state index contributed by atoms with van der Waals surface area (Å²) >= 11 is 0. The third-order valence-electron chi connectivity index (χ3n) is 2.98. The van der Waals surface area contributed by atoms with E-state index in [0.717, 1.165) is 24.4 Å². The number of halogens is 1. The maximum Gasteiger partial charge on any atom is 0.261 e. The Kier molecular flexibility index (Phi) is 5.03. The minimum absolute atomic E-state index is 0.0240. The van der Waals surface area contributed by atoms with Crippen molar-refractivity contribution in [2.24, 2.45) is 5.92 Å². The van der Waals surface area contributed by atoms with E-state index in [1.165, 1.54) is 12.1 Å². The summed E-state index contributed by atoms with van der Waals surface area (Å²) < 4.78 is 39.6. The number of anilines is 2. The molecule has 4 nitrogen and oxygen atoms in total. The zero-order valence-corrected chi connectivity index (χ0v) is 13.3. The molecule has 0 aliphatic carbocycles. The quantitative estimate of drug-likeness (QED) is 0.852. The van der Waals surface area contributed by atoms with Crippen molar-refractivity contribution in [3.63, 3.8) is 0 Å². The largest absolute Gasteiger partial charge is 0.385 e. The molecule has 0 saturated carbocycles. The Balaban J connectivity index is 2.08. The summed E-state index contributed by atoms with van der Waals surface area (Å²) in [4.78, 5) is 0.0240. The molecule has 118 valence electrons. The second-order valence-electron chi connectivity index (χ2n) is 5.41. The van der Waals surface area contributed by atoms with Gasteiger partial charge in [-0.25, -0.2) is 12.8 Å². The molecule has 0 spiro atoms. The van der Waals surface area contributed by atoms with Crippen LogP contribution >= 0.6 is 0 Å². The lowest BCUT2D eigenvalue weighted by atomic mass is 10.2. The second-order valence-corrected chi connectivity index (χ2v) is 7.09. The fourth-order valence-corrected chi connectivity index (χ4v) is 2.86. The highest BCUT2D eigenvalue weighted by atomic mass is 32.2. The van der Waals surface area contributed by atoms with Gasteiger partial charge in [0, 0.05) is 17.9 Å². The molecule has 0 fully saturated rings. The molecular weight excluding hydrogens is 303 g/mol. The molecule has 0 saturated heterocycles. The maximum atomic E-state index is 12.9. The van der Waals surface area contributed by atoms with Gasteiger partial charge >= 0.3 is 0 Å². The van der Waals surface area contributed by atoms with E-state index < -0.39 is 15.8 Å². The molecule has 0 aliphatic rings. The summed E-state index contributed by atoms with van der Waals surface area (Å²) in [6.07, 6.45) is 0. The van der Waals surface area contributed by atoms with Crippen LogP contribution in [0.25, 0.3) is 0 Å². The van der Waals surface area contributed by atoms with Gasteiger partial charge in [0.2, 0.25) is 0 Å². The lowest BCUT2D eigenvalue weighted by molar-refractivity contribution is 0.599. The van der Waals surface area contributed by atoms with Crippen LogP contribution in [0.3, 0.4) is 0 Å². The van der Waals surface area contributed by atoms with Crippen molar-refractivity contribution in [1.82, 2.24) is 0 Å². The van der Waals surface area contributed by atoms with E-state index in [1.807, 2.05) is 12.1 Å². The molecule has 0 aromatic heterocycles. The summed E-state index contributed by atoms with van der Waals surface area (Å²) in [6, 6.07) is 11.7. The van der Waals surface area contributed by atoms with Crippen LogP contribution in [0.15, 0.2) is 53.4 Å². The molecule has 0 heterocycles. The van der Waals surface area contributed by atoms with Crippen molar-refractivity contribution in [3.05, 3.63) is 54.3 Å². The van der Waals surface area contributed by atoms with Crippen LogP contribution in [0.5, 0.6) is 0 Å². The van der Waals surface area contributed by atoms with Gasteiger partial charge in [-0.3, -0.25) is 4.72 Å². The van der Waals surface area contributed by atoms with Gasteiger partial charge in [0.1, 0.15) is 5.82 Å². The Bertz CT molecular complexity index is 711. The molecule has 0 amide bonds. The molecular formula is C16H19FN2O2S. The Hall–Kier alpha value is -2.08. The summed E-state index contributed by atoms with van der Waals surface area (Å²) in [5, 5.41) is 3.25. The lowest BCUT2D eigenvalue weighted by Gasteiger charge is -2.11. The fraction of sp³-hybridized carbons (Fsp3) is 0.250. The predicted octanol–water partition coefficient (Wildman–Crippen LogP) is 3.69. The van der Waals surface area contributed by atoms with Gasteiger partial charge in [-0.15, -0.1) is 0 Å². The zero-order chi connectivity index (χ0) is 16.2. The van der Waals surface area contributed by atoms with E-state index in [2.05, 4.69) is 23.9 Å². The molecule has 0 unspecified atom stereocenters. The van der Waals surface area contributed by atoms with E-state index in [9.17, 15) is 12.8 Å². The molecule has 0 aliphatic heterocycles. The number of sulfonamides is 1. The zero-order valence-electron chi connectivity index (χ0n) is 12.5. The van der Waals surface area contributed by atoms with E-state index in [0.29, 0.717) is 11.6 Å². The Morgan fingerprint density at radius 1 is 0.955 bits per heavy atom. The minimum atomic E-state index is -3.71. The Morgan fingerprint density at radius 2 is 1.50 bits per heavy atom. The predicted molar refractivity (Wildman–Crippen MR) is 87.0 cm³/mol. The van der Waals surface area contributed by atoms with Crippen LogP contribution in [-0.4, -0.2) is 15.0 Å². The number of benzene rings is 2. The van der Waals surface area contributed by atoms with Crippen LogP contribution in [-0.2, 0) is 10.0 Å². The van der Waals surface area contributed by atoms with Crippen molar-refractivity contribution in [2.45, 2.75) is 18.7 Å². The molecule has 0 radical (unpaired) electrons. The molecule has 0 bridgehead atoms. The molecule has 2 N–H and O–H groups in total. The van der Waals surface area contributed by atoms with E-state index in [4.69, 9.17) is 0 Å². The van der Waals surface area contributed by atoms with E-state index in [-0.39, 0.29) is 4.90 Å². The fourth-order valence-electron chi connectivity index (χ4n) is 1.81. The standard InChI is InChI=1S/C16H19FN2O2S/c1-12(2)11-18-14-5-7-15(8-6-14)19-22(20,21)16-9-3-13(17)4-10-16/h3-10,12,18-19H,11H2,1-2H3. The topological polar surface area (TPSA) is 58.2 Å². The van der Waals surface area contributed by atoms with Gasteiger partial charge in [0.25, 0.3) is 10.0 Å². The highest BCUT2D eigenvalue weighted by Crippen LogP contribution is 2.18. The van der Waals surface area contributed by atoms with E-state index in [1.54, 1.807) is 12.1 Å². The van der Waals surface area contributed by atoms with Gasteiger partial charge in [-0.2, -0.15) is 0 Å². The van der Waals surface area contributed by atoms with Gasteiger partial charge in [0.15, 0.2) is 0 Å². The second kappa shape index (κ2) is 6.79. The van der Waals surface area contributed by atoms with Crippen molar-refractivity contribution < 1.29 is 12.8 Å². The van der Waals surface area contributed by atoms with E-state index >= 15 is 0 Å². The summed E-state index contributed by atoms with van der Waals surface area (Å²) in [7, 11) is -3.71. The molecule has 6 heteroatoms. The van der Waals surface area contributed by atoms with Crippen LogP contribution in [0.2, 0.25) is 0 Å². The Labute approximate surface area is 130 Å². The first-order valence-electron chi connectivity index (χ1n) is 6.99. The van der Waals surface area contributed by atoms with Crippen LogP contribution < -0.4 is 10.0 Å². The molecule has 22 heavy (non-hydrogen) atoms. The van der Waals surface area contributed by atoms with Crippen molar-refractivity contribution in [1.29, 1.82) is 0 Å². The minimum Gasteiger partial charge on any atom is -0.385 e. The van der Waals surface area contributed by atoms with Gasteiger partial charge in [-0.1, -0.05) is 13.8 Å². The third kappa shape index (κ3) is 4.46. The first-order chi connectivity index (χ1) is 10.4. The first kappa shape index (κ1) is 16.3. The average Bonchev–Trinajstić information content (AvgIpc) is 2.46. The highest BCUT2D eigenvalue weighted by Gasteiger charge is 2.13. The molecule has 2 aromatic rings. The van der Waals surface area contributed by atoms with Crippen LogP contribution in [0.4, 0.5) is 15.8 Å². The van der Waals surface area contributed by atoms with Gasteiger partial charge in [-0.05, 0) is 54.4 Å². The van der Waals surface area contributed by atoms with Crippen molar-refractivity contribution in [2.75, 3.05) is 16.6 Å².